The van der Waals surface area contributed by atoms with E-state index in [1.807, 2.05) is 6.92 Å². The molecule has 1 aromatic rings. The van der Waals surface area contributed by atoms with Crippen molar-refractivity contribution in [2.45, 2.75) is 6.92 Å². The fourth-order valence-corrected chi connectivity index (χ4v) is 1.25. The summed E-state index contributed by atoms with van der Waals surface area (Å²) in [7, 11) is 1.53. The van der Waals surface area contributed by atoms with E-state index in [9.17, 15) is 4.39 Å². The highest BCUT2D eigenvalue weighted by molar-refractivity contribution is 5.57. The Labute approximate surface area is 83.2 Å². The van der Waals surface area contributed by atoms with E-state index in [0.29, 0.717) is 12.3 Å². The molecule has 0 bridgehead atoms. The first-order chi connectivity index (χ1) is 6.69. The molecule has 76 valence electrons. The topological polar surface area (TPSA) is 35.2 Å². The zero-order valence-corrected chi connectivity index (χ0v) is 8.38. The van der Waals surface area contributed by atoms with E-state index in [1.165, 1.54) is 19.2 Å². The van der Waals surface area contributed by atoms with E-state index in [0.717, 1.165) is 11.1 Å². The maximum Gasteiger partial charge on any atom is 0.127 e. The molecule has 0 saturated carbocycles. The van der Waals surface area contributed by atoms with E-state index in [4.69, 9.17) is 10.5 Å². The summed E-state index contributed by atoms with van der Waals surface area (Å²) in [6, 6.07) is 2.83. The van der Waals surface area contributed by atoms with Gasteiger partial charge in [0.1, 0.15) is 11.6 Å². The fourth-order valence-electron chi connectivity index (χ4n) is 1.25. The van der Waals surface area contributed by atoms with Gasteiger partial charge >= 0.3 is 0 Å². The van der Waals surface area contributed by atoms with Crippen molar-refractivity contribution in [2.75, 3.05) is 13.7 Å². The van der Waals surface area contributed by atoms with Crippen molar-refractivity contribution in [3.05, 3.63) is 35.2 Å². The molecule has 0 aliphatic carbocycles. The summed E-state index contributed by atoms with van der Waals surface area (Å²) in [6.07, 6.45) is 3.57. The van der Waals surface area contributed by atoms with Gasteiger partial charge in [0.15, 0.2) is 0 Å². The molecular weight excluding hydrogens is 181 g/mol. The van der Waals surface area contributed by atoms with Crippen LogP contribution in [0.1, 0.15) is 11.1 Å². The average Bonchev–Trinajstić information content (AvgIpc) is 2.18. The Balaban J connectivity index is 3.15. The highest BCUT2D eigenvalue weighted by atomic mass is 19.1. The number of methoxy groups -OCH3 is 1. The van der Waals surface area contributed by atoms with Crippen molar-refractivity contribution < 1.29 is 9.13 Å². The maximum atomic E-state index is 13.1. The molecule has 0 radical (unpaired) electrons. The lowest BCUT2D eigenvalue weighted by Crippen LogP contribution is -1.94. The first-order valence-corrected chi connectivity index (χ1v) is 4.39. The Morgan fingerprint density at radius 1 is 1.50 bits per heavy atom. The van der Waals surface area contributed by atoms with Gasteiger partial charge in [0.2, 0.25) is 0 Å². The molecule has 3 heteroatoms. The normalized spacial score (nSPS) is 10.9. The largest absolute Gasteiger partial charge is 0.496 e. The lowest BCUT2D eigenvalue weighted by atomic mass is 10.1. The molecule has 0 spiro atoms. The standard InChI is InChI=1S/C11H14FNO/c1-8-9(4-3-5-13)6-10(12)7-11(8)14-2/h3-4,6-7H,5,13H2,1-2H3/b4-3+. The van der Waals surface area contributed by atoms with Crippen LogP contribution in [-0.2, 0) is 0 Å². The molecule has 0 saturated heterocycles. The van der Waals surface area contributed by atoms with Crippen LogP contribution in [0.5, 0.6) is 5.75 Å². The van der Waals surface area contributed by atoms with Crippen molar-refractivity contribution in [3.8, 4) is 5.75 Å². The summed E-state index contributed by atoms with van der Waals surface area (Å²) >= 11 is 0. The summed E-state index contributed by atoms with van der Waals surface area (Å²) < 4.78 is 18.1. The molecule has 2 nitrogen and oxygen atoms in total. The van der Waals surface area contributed by atoms with Gasteiger partial charge in [0.05, 0.1) is 7.11 Å². The van der Waals surface area contributed by atoms with E-state index >= 15 is 0 Å². The van der Waals surface area contributed by atoms with Crippen LogP contribution >= 0.6 is 0 Å². The Morgan fingerprint density at radius 3 is 2.79 bits per heavy atom. The smallest absolute Gasteiger partial charge is 0.127 e. The number of nitrogens with two attached hydrogens (primary N) is 1. The van der Waals surface area contributed by atoms with Gasteiger partial charge in [-0.05, 0) is 24.1 Å². The van der Waals surface area contributed by atoms with Crippen molar-refractivity contribution >= 4 is 6.08 Å². The fraction of sp³-hybridized carbons (Fsp3) is 0.273. The summed E-state index contributed by atoms with van der Waals surface area (Å²) in [5.41, 5.74) is 7.04. The predicted octanol–water partition coefficient (Wildman–Crippen LogP) is 2.11. The molecule has 1 aromatic carbocycles. The second kappa shape index (κ2) is 4.77. The predicted molar refractivity (Wildman–Crippen MR) is 55.8 cm³/mol. The summed E-state index contributed by atoms with van der Waals surface area (Å²) in [5, 5.41) is 0. The number of halogens is 1. The third-order valence-electron chi connectivity index (χ3n) is 2.02. The number of benzene rings is 1. The van der Waals surface area contributed by atoms with Crippen LogP contribution in [0, 0.1) is 12.7 Å². The number of ether oxygens (including phenoxy) is 1. The van der Waals surface area contributed by atoms with Crippen LogP contribution < -0.4 is 10.5 Å². The molecule has 14 heavy (non-hydrogen) atoms. The molecular formula is C11H14FNO. The van der Waals surface area contributed by atoms with Gasteiger partial charge in [0.25, 0.3) is 0 Å². The average molecular weight is 195 g/mol. The molecule has 0 aromatic heterocycles. The number of hydrogen-bond acceptors (Lipinski definition) is 2. The summed E-state index contributed by atoms with van der Waals surface area (Å²) in [6.45, 7) is 2.33. The molecule has 2 N–H and O–H groups in total. The van der Waals surface area contributed by atoms with Crippen LogP contribution in [0.15, 0.2) is 18.2 Å². The first-order valence-electron chi connectivity index (χ1n) is 4.39. The molecule has 0 amide bonds. The van der Waals surface area contributed by atoms with Gasteiger partial charge < -0.3 is 10.5 Å². The minimum absolute atomic E-state index is 0.302. The van der Waals surface area contributed by atoms with Gasteiger partial charge in [-0.1, -0.05) is 12.2 Å². The van der Waals surface area contributed by atoms with Crippen LogP contribution in [0.4, 0.5) is 4.39 Å². The molecule has 0 unspecified atom stereocenters. The molecule has 1 rings (SSSR count). The van der Waals surface area contributed by atoms with Gasteiger partial charge in [-0.25, -0.2) is 4.39 Å². The van der Waals surface area contributed by atoms with Gasteiger partial charge in [-0.3, -0.25) is 0 Å². The first kappa shape index (κ1) is 10.7. The van der Waals surface area contributed by atoms with E-state index in [2.05, 4.69) is 0 Å². The SMILES string of the molecule is COc1cc(F)cc(/C=C/CN)c1C. The molecule has 0 aliphatic rings. The van der Waals surface area contributed by atoms with Crippen LogP contribution in [0.25, 0.3) is 6.08 Å². The quantitative estimate of drug-likeness (QED) is 0.801. The lowest BCUT2D eigenvalue weighted by molar-refractivity contribution is 0.408. The Bertz CT molecular complexity index is 347. The summed E-state index contributed by atoms with van der Waals surface area (Å²) in [5.74, 6) is 0.255. The molecule has 0 atom stereocenters. The minimum Gasteiger partial charge on any atom is -0.496 e. The minimum atomic E-state index is -0.302. The van der Waals surface area contributed by atoms with Gasteiger partial charge in [0, 0.05) is 12.6 Å². The molecule has 0 fully saturated rings. The van der Waals surface area contributed by atoms with Crippen molar-refractivity contribution in [3.63, 3.8) is 0 Å². The van der Waals surface area contributed by atoms with Crippen molar-refractivity contribution in [2.24, 2.45) is 5.73 Å². The third-order valence-corrected chi connectivity index (χ3v) is 2.02. The Kier molecular flexibility index (Phi) is 3.65. The third kappa shape index (κ3) is 2.33. The highest BCUT2D eigenvalue weighted by Gasteiger charge is 2.04. The van der Waals surface area contributed by atoms with E-state index in [1.54, 1.807) is 12.2 Å². The second-order valence-electron chi connectivity index (χ2n) is 2.96. The van der Waals surface area contributed by atoms with Crippen LogP contribution in [0.2, 0.25) is 0 Å². The zero-order chi connectivity index (χ0) is 10.6. The van der Waals surface area contributed by atoms with Gasteiger partial charge in [-0.2, -0.15) is 0 Å². The Hall–Kier alpha value is -1.35. The molecule has 0 heterocycles. The van der Waals surface area contributed by atoms with Crippen LogP contribution in [0.3, 0.4) is 0 Å². The van der Waals surface area contributed by atoms with E-state index in [-0.39, 0.29) is 5.82 Å². The summed E-state index contributed by atoms with van der Waals surface area (Å²) in [4.78, 5) is 0. The van der Waals surface area contributed by atoms with Crippen LogP contribution in [-0.4, -0.2) is 13.7 Å². The number of rotatable bonds is 3. The lowest BCUT2D eigenvalue weighted by Gasteiger charge is -2.07. The van der Waals surface area contributed by atoms with Crippen molar-refractivity contribution in [1.29, 1.82) is 0 Å². The molecule has 0 aliphatic heterocycles. The highest BCUT2D eigenvalue weighted by Crippen LogP contribution is 2.23. The van der Waals surface area contributed by atoms with Gasteiger partial charge in [-0.15, -0.1) is 0 Å². The monoisotopic (exact) mass is 195 g/mol. The Morgan fingerprint density at radius 2 is 2.21 bits per heavy atom. The second-order valence-corrected chi connectivity index (χ2v) is 2.96. The van der Waals surface area contributed by atoms with E-state index < -0.39 is 0 Å². The van der Waals surface area contributed by atoms with Crippen molar-refractivity contribution in [1.82, 2.24) is 0 Å². The maximum absolute atomic E-state index is 13.1. The number of hydrogen-bond donors (Lipinski definition) is 1. The zero-order valence-electron chi connectivity index (χ0n) is 8.38.